The van der Waals surface area contributed by atoms with Gasteiger partial charge in [0.05, 0.1) is 5.69 Å². The second-order valence-electron chi connectivity index (χ2n) is 7.72. The van der Waals surface area contributed by atoms with Gasteiger partial charge in [0.2, 0.25) is 0 Å². The van der Waals surface area contributed by atoms with Gasteiger partial charge in [-0.05, 0) is 54.8 Å². The highest BCUT2D eigenvalue weighted by Gasteiger charge is 2.27. The van der Waals surface area contributed by atoms with Crippen molar-refractivity contribution >= 4 is 11.6 Å². The van der Waals surface area contributed by atoms with Crippen LogP contribution in [0.3, 0.4) is 0 Å². The average molecular weight is 415 g/mol. The summed E-state index contributed by atoms with van der Waals surface area (Å²) in [5, 5.41) is 4.45. The summed E-state index contributed by atoms with van der Waals surface area (Å²) in [5.41, 5.74) is 5.36. The predicted molar refractivity (Wildman–Crippen MR) is 121 cm³/mol. The SMILES string of the molecule is Clc1ccc(-c2nc(-c3ccccn3)c([C@@H]3CC[C@H](c4ccccc4)NC3)[nH]2)cc1. The molecule has 1 fully saturated rings. The highest BCUT2D eigenvalue weighted by molar-refractivity contribution is 6.30. The summed E-state index contributed by atoms with van der Waals surface area (Å²) in [5.74, 6) is 1.21. The van der Waals surface area contributed by atoms with E-state index < -0.39 is 0 Å². The smallest absolute Gasteiger partial charge is 0.138 e. The summed E-state index contributed by atoms with van der Waals surface area (Å²) in [7, 11) is 0. The van der Waals surface area contributed by atoms with Crippen molar-refractivity contribution in [3.05, 3.63) is 95.3 Å². The van der Waals surface area contributed by atoms with Gasteiger partial charge in [0.1, 0.15) is 11.5 Å². The molecule has 4 aromatic rings. The second-order valence-corrected chi connectivity index (χ2v) is 8.15. The lowest BCUT2D eigenvalue weighted by atomic mass is 9.88. The summed E-state index contributed by atoms with van der Waals surface area (Å²) >= 11 is 6.07. The van der Waals surface area contributed by atoms with Gasteiger partial charge >= 0.3 is 0 Å². The molecule has 1 saturated heterocycles. The van der Waals surface area contributed by atoms with E-state index in [1.165, 1.54) is 5.56 Å². The van der Waals surface area contributed by atoms with Gasteiger partial charge in [-0.3, -0.25) is 4.98 Å². The summed E-state index contributed by atoms with van der Waals surface area (Å²) in [4.78, 5) is 13.1. The number of benzene rings is 2. The van der Waals surface area contributed by atoms with Gasteiger partial charge in [-0.1, -0.05) is 48.0 Å². The molecule has 1 aliphatic heterocycles. The van der Waals surface area contributed by atoms with Crippen molar-refractivity contribution in [3.8, 4) is 22.8 Å². The minimum Gasteiger partial charge on any atom is -0.341 e. The number of hydrogen-bond donors (Lipinski definition) is 2. The number of nitrogens with zero attached hydrogens (tertiary/aromatic N) is 2. The summed E-state index contributed by atoms with van der Waals surface area (Å²) in [6.45, 7) is 0.904. The fourth-order valence-corrected chi connectivity index (χ4v) is 4.32. The number of piperidine rings is 1. The minimum absolute atomic E-state index is 0.357. The molecule has 2 aromatic carbocycles. The maximum atomic E-state index is 6.07. The zero-order valence-corrected chi connectivity index (χ0v) is 17.3. The molecular formula is C25H23ClN4. The molecule has 0 amide bonds. The lowest BCUT2D eigenvalue weighted by Crippen LogP contribution is -2.32. The van der Waals surface area contributed by atoms with Crippen molar-refractivity contribution in [2.75, 3.05) is 6.54 Å². The van der Waals surface area contributed by atoms with E-state index in [1.54, 1.807) is 0 Å². The van der Waals surface area contributed by atoms with Crippen molar-refractivity contribution in [3.63, 3.8) is 0 Å². The van der Waals surface area contributed by atoms with E-state index in [0.717, 1.165) is 52.9 Å². The number of nitrogens with one attached hydrogen (secondary N) is 2. The first-order valence-corrected chi connectivity index (χ1v) is 10.7. The molecule has 3 heterocycles. The molecule has 2 atom stereocenters. The molecule has 0 radical (unpaired) electrons. The third kappa shape index (κ3) is 3.89. The Morgan fingerprint density at radius 1 is 0.867 bits per heavy atom. The first-order valence-electron chi connectivity index (χ1n) is 10.3. The van der Waals surface area contributed by atoms with E-state index in [2.05, 4.69) is 45.6 Å². The van der Waals surface area contributed by atoms with Crippen molar-refractivity contribution < 1.29 is 0 Å². The van der Waals surface area contributed by atoms with Gasteiger partial charge in [0.15, 0.2) is 0 Å². The van der Waals surface area contributed by atoms with E-state index in [0.29, 0.717) is 12.0 Å². The molecule has 5 rings (SSSR count). The van der Waals surface area contributed by atoms with Crippen molar-refractivity contribution in [1.82, 2.24) is 20.3 Å². The van der Waals surface area contributed by atoms with E-state index >= 15 is 0 Å². The zero-order valence-electron chi connectivity index (χ0n) is 16.6. The Bertz CT molecular complexity index is 1100. The molecule has 30 heavy (non-hydrogen) atoms. The van der Waals surface area contributed by atoms with Crippen LogP contribution in [0.4, 0.5) is 0 Å². The second kappa shape index (κ2) is 8.42. The number of pyridine rings is 1. The van der Waals surface area contributed by atoms with E-state index in [1.807, 2.05) is 48.7 Å². The normalized spacial score (nSPS) is 19.0. The molecule has 0 aliphatic carbocycles. The Morgan fingerprint density at radius 3 is 2.37 bits per heavy atom. The van der Waals surface area contributed by atoms with Crippen LogP contribution in [0, 0.1) is 0 Å². The first-order chi connectivity index (χ1) is 14.8. The summed E-state index contributed by atoms with van der Waals surface area (Å²) < 4.78 is 0. The van der Waals surface area contributed by atoms with Crippen LogP contribution in [-0.4, -0.2) is 21.5 Å². The number of halogens is 1. The fourth-order valence-electron chi connectivity index (χ4n) is 4.20. The largest absolute Gasteiger partial charge is 0.341 e. The molecule has 2 N–H and O–H groups in total. The van der Waals surface area contributed by atoms with Gasteiger partial charge in [0, 0.05) is 41.0 Å². The standard InChI is InChI=1S/C25H23ClN4/c26-20-12-9-18(10-13-20)25-29-23(24(30-25)22-8-4-5-15-27-22)19-11-14-21(28-16-19)17-6-2-1-3-7-17/h1-10,12-13,15,19,21,28H,11,14,16H2,(H,29,30)/t19-,21-/m1/s1. The Labute approximate surface area is 181 Å². The van der Waals surface area contributed by atoms with E-state index in [-0.39, 0.29) is 0 Å². The third-order valence-electron chi connectivity index (χ3n) is 5.78. The molecule has 150 valence electrons. The van der Waals surface area contributed by atoms with Gasteiger partial charge < -0.3 is 10.3 Å². The number of H-pyrrole nitrogens is 1. The Kier molecular flexibility index (Phi) is 5.35. The highest BCUT2D eigenvalue weighted by Crippen LogP contribution is 2.36. The molecule has 2 aromatic heterocycles. The zero-order chi connectivity index (χ0) is 20.3. The molecular weight excluding hydrogens is 392 g/mol. The topological polar surface area (TPSA) is 53.6 Å². The highest BCUT2D eigenvalue weighted by atomic mass is 35.5. The quantitative estimate of drug-likeness (QED) is 0.430. The molecule has 0 spiro atoms. The fraction of sp³-hybridized carbons (Fsp3) is 0.200. The van der Waals surface area contributed by atoms with Crippen LogP contribution in [0.2, 0.25) is 5.02 Å². The number of rotatable bonds is 4. The molecule has 1 aliphatic rings. The summed E-state index contributed by atoms with van der Waals surface area (Å²) in [6.07, 6.45) is 4.00. The molecule has 4 nitrogen and oxygen atoms in total. The van der Waals surface area contributed by atoms with Gasteiger partial charge in [-0.15, -0.1) is 0 Å². The third-order valence-corrected chi connectivity index (χ3v) is 6.03. The van der Waals surface area contributed by atoms with Gasteiger partial charge in [-0.25, -0.2) is 4.98 Å². The number of imidazole rings is 1. The number of hydrogen-bond acceptors (Lipinski definition) is 3. The van der Waals surface area contributed by atoms with Crippen LogP contribution >= 0.6 is 11.6 Å². The van der Waals surface area contributed by atoms with Crippen LogP contribution in [0.1, 0.15) is 36.1 Å². The Morgan fingerprint density at radius 2 is 1.67 bits per heavy atom. The lowest BCUT2D eigenvalue weighted by Gasteiger charge is -2.30. The molecule has 0 saturated carbocycles. The summed E-state index contributed by atoms with van der Waals surface area (Å²) in [6, 6.07) is 24.8. The number of aromatic amines is 1. The van der Waals surface area contributed by atoms with E-state index in [4.69, 9.17) is 16.6 Å². The Hall–Kier alpha value is -2.95. The van der Waals surface area contributed by atoms with Crippen LogP contribution in [0.15, 0.2) is 79.0 Å². The molecule has 0 bridgehead atoms. The maximum absolute atomic E-state index is 6.07. The molecule has 5 heteroatoms. The van der Waals surface area contributed by atoms with Gasteiger partial charge in [0.25, 0.3) is 0 Å². The Balaban J connectivity index is 1.46. The van der Waals surface area contributed by atoms with Crippen molar-refractivity contribution in [1.29, 1.82) is 0 Å². The monoisotopic (exact) mass is 414 g/mol. The average Bonchev–Trinajstić information content (AvgIpc) is 3.26. The van der Waals surface area contributed by atoms with E-state index in [9.17, 15) is 0 Å². The van der Waals surface area contributed by atoms with Crippen LogP contribution < -0.4 is 5.32 Å². The van der Waals surface area contributed by atoms with Gasteiger partial charge in [-0.2, -0.15) is 0 Å². The lowest BCUT2D eigenvalue weighted by molar-refractivity contribution is 0.371. The van der Waals surface area contributed by atoms with Crippen LogP contribution in [0.5, 0.6) is 0 Å². The van der Waals surface area contributed by atoms with Crippen molar-refractivity contribution in [2.24, 2.45) is 0 Å². The maximum Gasteiger partial charge on any atom is 0.138 e. The van der Waals surface area contributed by atoms with Crippen LogP contribution in [-0.2, 0) is 0 Å². The minimum atomic E-state index is 0.357. The first kappa shape index (κ1) is 19.0. The molecule has 0 unspecified atom stereocenters. The van der Waals surface area contributed by atoms with Crippen LogP contribution in [0.25, 0.3) is 22.8 Å². The number of aromatic nitrogens is 3. The predicted octanol–water partition coefficient (Wildman–Crippen LogP) is 6.00. The van der Waals surface area contributed by atoms with Crippen molar-refractivity contribution in [2.45, 2.75) is 24.8 Å².